The highest BCUT2D eigenvalue weighted by Gasteiger charge is 2.13. The van der Waals surface area contributed by atoms with Crippen molar-refractivity contribution < 1.29 is 4.79 Å². The maximum Gasteiger partial charge on any atom is 0.237 e. The lowest BCUT2D eigenvalue weighted by Crippen LogP contribution is -2.19. The van der Waals surface area contributed by atoms with Gasteiger partial charge in [-0.3, -0.25) is 4.79 Å². The van der Waals surface area contributed by atoms with Crippen LogP contribution in [0.2, 0.25) is 10.0 Å². The van der Waals surface area contributed by atoms with Gasteiger partial charge in [-0.2, -0.15) is 0 Å². The van der Waals surface area contributed by atoms with Crippen molar-refractivity contribution in [3.05, 3.63) is 28.0 Å². The number of benzene rings is 1. The van der Waals surface area contributed by atoms with Crippen LogP contribution in [0.25, 0.3) is 11.0 Å². The lowest BCUT2D eigenvalue weighted by Gasteiger charge is -2.04. The Kier molecular flexibility index (Phi) is 3.47. The molecule has 0 bridgehead atoms. The van der Waals surface area contributed by atoms with E-state index in [0.29, 0.717) is 26.9 Å². The average Bonchev–Trinajstić information content (AvgIpc) is 2.57. The fourth-order valence-corrected chi connectivity index (χ4v) is 2.12. The first-order valence-corrected chi connectivity index (χ1v) is 6.00. The van der Waals surface area contributed by atoms with Crippen LogP contribution in [0.4, 0.5) is 0 Å². The maximum atomic E-state index is 11.0. The molecule has 1 amide bonds. The molecule has 17 heavy (non-hydrogen) atoms. The predicted octanol–water partition coefficient (Wildman–Crippen LogP) is 2.57. The van der Waals surface area contributed by atoms with E-state index in [1.165, 1.54) is 0 Å². The number of imidazole rings is 1. The molecule has 0 saturated carbocycles. The maximum absolute atomic E-state index is 11.0. The second kappa shape index (κ2) is 4.72. The zero-order valence-corrected chi connectivity index (χ0v) is 10.9. The van der Waals surface area contributed by atoms with Crippen LogP contribution in [0, 0.1) is 0 Å². The number of hydrogen-bond donors (Lipinski definition) is 1. The topological polar surface area (TPSA) is 60.9 Å². The average molecular weight is 293 g/mol. The van der Waals surface area contributed by atoms with Crippen molar-refractivity contribution in [1.82, 2.24) is 9.55 Å². The predicted molar refractivity (Wildman–Crippen MR) is 68.5 cm³/mol. The first-order chi connectivity index (χ1) is 8.02. The summed E-state index contributed by atoms with van der Waals surface area (Å²) in [6.45, 7) is 0.0104. The molecular formula is C10H8Cl3N3O. The molecule has 0 aliphatic heterocycles. The van der Waals surface area contributed by atoms with Crippen LogP contribution >= 0.6 is 34.8 Å². The number of carbonyl (C=O) groups excluding carboxylic acids is 1. The van der Waals surface area contributed by atoms with Gasteiger partial charge in [0.05, 0.1) is 27.0 Å². The van der Waals surface area contributed by atoms with E-state index in [4.69, 9.17) is 40.5 Å². The van der Waals surface area contributed by atoms with E-state index in [1.54, 1.807) is 16.7 Å². The summed E-state index contributed by atoms with van der Waals surface area (Å²) in [5.74, 6) is 0.262. The Labute approximate surface area is 112 Å². The molecule has 0 radical (unpaired) electrons. The van der Waals surface area contributed by atoms with Crippen LogP contribution in [0.1, 0.15) is 5.82 Å². The number of hydrogen-bond acceptors (Lipinski definition) is 2. The van der Waals surface area contributed by atoms with Crippen molar-refractivity contribution in [3.63, 3.8) is 0 Å². The van der Waals surface area contributed by atoms with Gasteiger partial charge < -0.3 is 10.3 Å². The molecule has 1 heterocycles. The Morgan fingerprint density at radius 1 is 1.35 bits per heavy atom. The summed E-state index contributed by atoms with van der Waals surface area (Å²) in [4.78, 5) is 15.3. The van der Waals surface area contributed by atoms with Gasteiger partial charge in [0.15, 0.2) is 0 Å². The Balaban J connectivity index is 2.69. The number of nitrogens with zero attached hydrogens (tertiary/aromatic N) is 2. The van der Waals surface area contributed by atoms with Crippen LogP contribution in [0.15, 0.2) is 12.1 Å². The highest BCUT2D eigenvalue weighted by atomic mass is 35.5. The van der Waals surface area contributed by atoms with Crippen molar-refractivity contribution in [1.29, 1.82) is 0 Å². The molecular weight excluding hydrogens is 284 g/mol. The van der Waals surface area contributed by atoms with E-state index in [9.17, 15) is 4.79 Å². The van der Waals surface area contributed by atoms with Gasteiger partial charge in [0, 0.05) is 0 Å². The van der Waals surface area contributed by atoms with E-state index in [-0.39, 0.29) is 12.4 Å². The third-order valence-corrected chi connectivity index (χ3v) is 3.26. The third-order valence-electron chi connectivity index (χ3n) is 2.30. The van der Waals surface area contributed by atoms with Crippen LogP contribution in [0.3, 0.4) is 0 Å². The highest BCUT2D eigenvalue weighted by Crippen LogP contribution is 2.28. The molecule has 1 aromatic heterocycles. The Morgan fingerprint density at radius 2 is 2.00 bits per heavy atom. The van der Waals surface area contributed by atoms with E-state index in [0.717, 1.165) is 0 Å². The molecule has 0 aliphatic rings. The standard InChI is InChI=1S/C10H8Cl3N3O/c11-3-10-15-7-1-5(12)6(13)2-8(7)16(10)4-9(14)17/h1-2H,3-4H2,(H2,14,17). The molecule has 7 heteroatoms. The second-order valence-electron chi connectivity index (χ2n) is 3.47. The number of halogens is 3. The largest absolute Gasteiger partial charge is 0.368 e. The molecule has 0 saturated heterocycles. The van der Waals surface area contributed by atoms with Crippen molar-refractivity contribution in [2.45, 2.75) is 12.4 Å². The zero-order valence-electron chi connectivity index (χ0n) is 8.58. The van der Waals surface area contributed by atoms with Gasteiger partial charge in [-0.15, -0.1) is 11.6 Å². The Morgan fingerprint density at radius 3 is 2.59 bits per heavy atom. The molecule has 1 aromatic carbocycles. The SMILES string of the molecule is NC(=O)Cn1c(CCl)nc2cc(Cl)c(Cl)cc21. The minimum Gasteiger partial charge on any atom is -0.368 e. The van der Waals surface area contributed by atoms with E-state index < -0.39 is 5.91 Å². The van der Waals surface area contributed by atoms with E-state index in [2.05, 4.69) is 4.98 Å². The van der Waals surface area contributed by atoms with Crippen molar-refractivity contribution in [3.8, 4) is 0 Å². The van der Waals surface area contributed by atoms with Gasteiger partial charge in [-0.25, -0.2) is 4.98 Å². The van der Waals surface area contributed by atoms with Gasteiger partial charge in [0.25, 0.3) is 0 Å². The molecule has 0 aliphatic carbocycles. The number of fused-ring (bicyclic) bond motifs is 1. The minimum absolute atomic E-state index is 0.0104. The molecule has 0 spiro atoms. The summed E-state index contributed by atoms with van der Waals surface area (Å²) < 4.78 is 1.63. The second-order valence-corrected chi connectivity index (χ2v) is 4.55. The molecule has 2 N–H and O–H groups in total. The number of nitrogens with two attached hydrogens (primary N) is 1. The Hall–Kier alpha value is -0.970. The minimum atomic E-state index is -0.471. The first-order valence-electron chi connectivity index (χ1n) is 4.71. The molecule has 2 aromatic rings. The summed E-state index contributed by atoms with van der Waals surface area (Å²) in [6.07, 6.45) is 0. The summed E-state index contributed by atoms with van der Waals surface area (Å²) >= 11 is 17.6. The van der Waals surface area contributed by atoms with Crippen LogP contribution in [0.5, 0.6) is 0 Å². The summed E-state index contributed by atoms with van der Waals surface area (Å²) in [7, 11) is 0. The normalized spacial score (nSPS) is 11.0. The van der Waals surface area contributed by atoms with Gasteiger partial charge in [0.2, 0.25) is 5.91 Å². The number of aromatic nitrogens is 2. The summed E-state index contributed by atoms with van der Waals surface area (Å²) in [5.41, 5.74) is 6.50. The lowest BCUT2D eigenvalue weighted by molar-refractivity contribution is -0.118. The number of rotatable bonds is 3. The fraction of sp³-hybridized carbons (Fsp3) is 0.200. The molecule has 90 valence electrons. The molecule has 0 unspecified atom stereocenters. The van der Waals surface area contributed by atoms with Crippen molar-refractivity contribution in [2.75, 3.05) is 0 Å². The first kappa shape index (κ1) is 12.5. The molecule has 4 nitrogen and oxygen atoms in total. The van der Waals surface area contributed by atoms with Crippen molar-refractivity contribution >= 4 is 51.7 Å². The van der Waals surface area contributed by atoms with Gasteiger partial charge >= 0.3 is 0 Å². The quantitative estimate of drug-likeness (QED) is 0.884. The molecule has 0 atom stereocenters. The summed E-state index contributed by atoms with van der Waals surface area (Å²) in [6, 6.07) is 3.28. The lowest BCUT2D eigenvalue weighted by atomic mass is 10.3. The zero-order chi connectivity index (χ0) is 12.6. The smallest absolute Gasteiger partial charge is 0.237 e. The van der Waals surface area contributed by atoms with Gasteiger partial charge in [0.1, 0.15) is 12.4 Å². The van der Waals surface area contributed by atoms with Gasteiger partial charge in [-0.05, 0) is 12.1 Å². The number of alkyl halides is 1. The van der Waals surface area contributed by atoms with Crippen LogP contribution in [-0.2, 0) is 17.2 Å². The van der Waals surface area contributed by atoms with Gasteiger partial charge in [-0.1, -0.05) is 23.2 Å². The van der Waals surface area contributed by atoms with E-state index in [1.807, 2.05) is 0 Å². The summed E-state index contributed by atoms with van der Waals surface area (Å²) in [5, 5.41) is 0.801. The number of amides is 1. The number of carbonyl (C=O) groups is 1. The van der Waals surface area contributed by atoms with Crippen LogP contribution < -0.4 is 5.73 Å². The number of primary amides is 1. The molecule has 0 fully saturated rings. The Bertz CT molecular complexity index is 594. The van der Waals surface area contributed by atoms with Crippen LogP contribution in [-0.4, -0.2) is 15.5 Å². The third kappa shape index (κ3) is 2.34. The molecule has 2 rings (SSSR count). The highest BCUT2D eigenvalue weighted by molar-refractivity contribution is 6.42. The fourth-order valence-electron chi connectivity index (χ4n) is 1.60. The van der Waals surface area contributed by atoms with Crippen molar-refractivity contribution in [2.24, 2.45) is 5.73 Å². The monoisotopic (exact) mass is 291 g/mol. The van der Waals surface area contributed by atoms with E-state index >= 15 is 0 Å².